The minimum Gasteiger partial charge on any atom is -0.456 e. The molecular weight excluding hydrogens is 610 g/mol. The molecule has 0 unspecified atom stereocenters. The Morgan fingerprint density at radius 3 is 2.17 bits per heavy atom. The highest BCUT2D eigenvalue weighted by molar-refractivity contribution is 5.95. The zero-order valence-electron chi connectivity index (χ0n) is 29.0. The predicted octanol–water partition coefficient (Wildman–Crippen LogP) is 4.35. The average molecular weight is 662 g/mol. The number of ether oxygens (including phenoxy) is 2. The summed E-state index contributed by atoms with van der Waals surface area (Å²) >= 11 is 0. The Labute approximate surface area is 283 Å². The summed E-state index contributed by atoms with van der Waals surface area (Å²) in [4.78, 5) is 27.1. The number of fused-ring (bicyclic) bond motifs is 5. The van der Waals surface area contributed by atoms with E-state index in [-0.39, 0.29) is 23.9 Å². The highest BCUT2D eigenvalue weighted by Crippen LogP contribution is 2.68. The lowest BCUT2D eigenvalue weighted by atomic mass is 9.39. The van der Waals surface area contributed by atoms with Crippen LogP contribution in [0.4, 0.5) is 0 Å². The van der Waals surface area contributed by atoms with Gasteiger partial charge in [0.1, 0.15) is 6.10 Å². The number of hydrogen-bond donors (Lipinski definition) is 5. The number of aliphatic hydroxyl groups excluding tert-OH is 3. The Balaban J connectivity index is 1.36. The van der Waals surface area contributed by atoms with E-state index in [9.17, 15) is 30.0 Å². The average Bonchev–Trinajstić information content (AvgIpc) is 3.06. The Hall–Kier alpha value is -3.08. The summed E-state index contributed by atoms with van der Waals surface area (Å²) < 4.78 is 12.1. The van der Waals surface area contributed by atoms with Crippen molar-refractivity contribution in [3.05, 3.63) is 82.9 Å². The summed E-state index contributed by atoms with van der Waals surface area (Å²) in [7, 11) is 0. The first-order valence-corrected chi connectivity index (χ1v) is 17.2. The minimum atomic E-state index is -1.75. The Bertz CT molecular complexity index is 1580. The Morgan fingerprint density at radius 1 is 0.979 bits per heavy atom. The van der Waals surface area contributed by atoms with Gasteiger partial charge in [-0.3, -0.25) is 4.79 Å². The topological polar surface area (TPSA) is 146 Å². The molecule has 0 aromatic heterocycles. The van der Waals surface area contributed by atoms with Crippen molar-refractivity contribution in [1.82, 2.24) is 5.32 Å². The molecule has 2 aromatic carbocycles. The maximum Gasteiger partial charge on any atom is 0.338 e. The molecule has 2 aromatic rings. The van der Waals surface area contributed by atoms with Crippen LogP contribution in [0.15, 0.2) is 71.8 Å². The molecule has 3 fully saturated rings. The van der Waals surface area contributed by atoms with Crippen molar-refractivity contribution in [2.75, 3.05) is 6.61 Å². The van der Waals surface area contributed by atoms with Crippen molar-refractivity contribution < 1.29 is 39.5 Å². The van der Waals surface area contributed by atoms with E-state index in [2.05, 4.69) is 12.2 Å². The third-order valence-electron chi connectivity index (χ3n) is 13.1. The van der Waals surface area contributed by atoms with Gasteiger partial charge >= 0.3 is 5.97 Å². The molecule has 3 aliphatic carbocycles. The van der Waals surface area contributed by atoms with Crippen molar-refractivity contribution >= 4 is 11.9 Å². The van der Waals surface area contributed by atoms with Gasteiger partial charge < -0.3 is 35.2 Å². The van der Waals surface area contributed by atoms with Crippen LogP contribution >= 0.6 is 0 Å². The SMILES string of the molecule is CC1=C2[C@H](C)[C@H](O)[C@@]3(C)[C@H]([C@H](C)[C@](O)(C[C@@H]1OC(=O)[C@H](O)[C@@H](NC(=O)c1ccccc1)c1ccccc1)C2(C)C)[C@]1(C)CO[C@@H]1C[C@@H]3O. The third-order valence-corrected chi connectivity index (χ3v) is 13.1. The number of carbonyl (C=O) groups is 2. The number of nitrogens with one attached hydrogen (secondary N) is 1. The number of esters is 1. The van der Waals surface area contributed by atoms with Crippen LogP contribution in [0.25, 0.3) is 0 Å². The van der Waals surface area contributed by atoms with Crippen molar-refractivity contribution in [1.29, 1.82) is 0 Å². The second-order valence-corrected chi connectivity index (χ2v) is 15.9. The zero-order chi connectivity index (χ0) is 35.0. The van der Waals surface area contributed by atoms with Crippen molar-refractivity contribution in [3.63, 3.8) is 0 Å². The van der Waals surface area contributed by atoms with Gasteiger partial charge in [-0.25, -0.2) is 4.79 Å². The van der Waals surface area contributed by atoms with Crippen LogP contribution < -0.4 is 5.32 Å². The van der Waals surface area contributed by atoms with Gasteiger partial charge in [0.25, 0.3) is 5.91 Å². The maximum absolute atomic E-state index is 13.9. The molecule has 1 heterocycles. The third kappa shape index (κ3) is 4.99. The molecule has 0 spiro atoms. The molecule has 2 bridgehead atoms. The van der Waals surface area contributed by atoms with Gasteiger partial charge in [0.15, 0.2) is 6.10 Å². The fourth-order valence-electron chi connectivity index (χ4n) is 10.5. The van der Waals surface area contributed by atoms with Gasteiger partial charge in [-0.15, -0.1) is 0 Å². The van der Waals surface area contributed by atoms with E-state index < -0.39 is 70.6 Å². The van der Waals surface area contributed by atoms with Crippen LogP contribution in [0, 0.1) is 34.0 Å². The number of benzene rings is 2. The van der Waals surface area contributed by atoms with Crippen LogP contribution in [0.5, 0.6) is 0 Å². The number of hydrogen-bond acceptors (Lipinski definition) is 8. The molecule has 12 atom stereocenters. The Morgan fingerprint density at radius 2 is 1.58 bits per heavy atom. The fourth-order valence-corrected chi connectivity index (χ4v) is 10.5. The fraction of sp³-hybridized carbons (Fsp3) is 0.590. The molecule has 9 heteroatoms. The highest BCUT2D eigenvalue weighted by atomic mass is 16.6. The quantitative estimate of drug-likeness (QED) is 0.227. The number of aliphatic hydroxyl groups is 4. The van der Waals surface area contributed by atoms with Gasteiger partial charge in [0.05, 0.1) is 36.6 Å². The van der Waals surface area contributed by atoms with E-state index in [1.54, 1.807) is 60.7 Å². The molecule has 2 saturated carbocycles. The molecule has 9 nitrogen and oxygen atoms in total. The molecule has 0 radical (unpaired) electrons. The molecule has 1 aliphatic heterocycles. The first-order valence-electron chi connectivity index (χ1n) is 17.2. The van der Waals surface area contributed by atoms with E-state index in [1.165, 1.54) is 0 Å². The van der Waals surface area contributed by atoms with Gasteiger partial charge in [0.2, 0.25) is 0 Å². The van der Waals surface area contributed by atoms with Gasteiger partial charge in [-0.1, -0.05) is 95.6 Å². The summed E-state index contributed by atoms with van der Waals surface area (Å²) in [6.07, 6.45) is -4.16. The van der Waals surface area contributed by atoms with Crippen molar-refractivity contribution in [2.45, 2.75) is 103 Å². The van der Waals surface area contributed by atoms with E-state index in [0.717, 1.165) is 5.57 Å². The molecule has 5 N–H and O–H groups in total. The van der Waals surface area contributed by atoms with Gasteiger partial charge in [0, 0.05) is 40.6 Å². The second-order valence-electron chi connectivity index (χ2n) is 15.9. The summed E-state index contributed by atoms with van der Waals surface area (Å²) in [6.45, 7) is 14.3. The van der Waals surface area contributed by atoms with Crippen LogP contribution in [-0.4, -0.2) is 75.0 Å². The number of rotatable bonds is 6. The molecular formula is C39H51NO8. The number of carbonyl (C=O) groups excluding carboxylic acids is 2. The van der Waals surface area contributed by atoms with Crippen LogP contribution in [0.1, 0.15) is 83.3 Å². The lowest BCUT2D eigenvalue weighted by molar-refractivity contribution is -0.325. The highest BCUT2D eigenvalue weighted by Gasteiger charge is 2.72. The molecule has 1 saturated heterocycles. The first-order chi connectivity index (χ1) is 22.5. The Kier molecular flexibility index (Phi) is 8.73. The first kappa shape index (κ1) is 34.8. The zero-order valence-corrected chi connectivity index (χ0v) is 29.0. The summed E-state index contributed by atoms with van der Waals surface area (Å²) in [5.74, 6) is -2.63. The lowest BCUT2D eigenvalue weighted by Crippen LogP contribution is -2.75. The molecule has 1 amide bonds. The van der Waals surface area contributed by atoms with E-state index >= 15 is 0 Å². The van der Waals surface area contributed by atoms with Crippen LogP contribution in [0.2, 0.25) is 0 Å². The van der Waals surface area contributed by atoms with E-state index in [1.807, 2.05) is 41.5 Å². The lowest BCUT2D eigenvalue weighted by Gasteiger charge is -2.70. The standard InChI is InChI=1S/C39H51NO8/c1-21-26(48-35(45)31(42)30(24-14-10-8-11-15-24)40-34(44)25-16-12-9-13-17-25)19-39(46)23(3)32-37(6)20-47-28(37)18-27(41)38(32,7)33(43)22(2)29(21)36(39,4)5/h8-17,22-23,26-28,30-33,41-43,46H,18-20H2,1-7H3,(H,40,44)/t22-,23-,26-,27-,28+,30-,31+,32+,33-,37+,38+,39+/m0/s1. The normalized spacial score (nSPS) is 39.8. The monoisotopic (exact) mass is 661 g/mol. The van der Waals surface area contributed by atoms with Crippen LogP contribution in [-0.2, 0) is 14.3 Å². The smallest absolute Gasteiger partial charge is 0.338 e. The van der Waals surface area contributed by atoms with Gasteiger partial charge in [-0.05, 0) is 42.0 Å². The molecule has 48 heavy (non-hydrogen) atoms. The molecule has 4 aliphatic rings. The summed E-state index contributed by atoms with van der Waals surface area (Å²) in [5.41, 5.74) is -1.15. The van der Waals surface area contributed by atoms with Gasteiger partial charge in [-0.2, -0.15) is 0 Å². The summed E-state index contributed by atoms with van der Waals surface area (Å²) in [5, 5.41) is 51.2. The number of amides is 1. The summed E-state index contributed by atoms with van der Waals surface area (Å²) in [6, 6.07) is 16.2. The largest absolute Gasteiger partial charge is 0.456 e. The minimum absolute atomic E-state index is 0.0639. The predicted molar refractivity (Wildman–Crippen MR) is 179 cm³/mol. The second kappa shape index (κ2) is 12.1. The van der Waals surface area contributed by atoms with Crippen molar-refractivity contribution in [3.8, 4) is 0 Å². The molecule has 260 valence electrons. The molecule has 6 rings (SSSR count). The van der Waals surface area contributed by atoms with Crippen LogP contribution in [0.3, 0.4) is 0 Å². The van der Waals surface area contributed by atoms with E-state index in [4.69, 9.17) is 9.47 Å². The van der Waals surface area contributed by atoms with Crippen molar-refractivity contribution in [2.24, 2.45) is 34.0 Å². The maximum atomic E-state index is 13.9. The van der Waals surface area contributed by atoms with E-state index in [0.29, 0.717) is 29.7 Å².